The molecule has 0 N–H and O–H groups in total. The van der Waals surface area contributed by atoms with Crippen molar-refractivity contribution in [2.75, 3.05) is 6.61 Å². The molecule has 1 aromatic heterocycles. The van der Waals surface area contributed by atoms with Gasteiger partial charge in [0.15, 0.2) is 0 Å². The van der Waals surface area contributed by atoms with Crippen LogP contribution in [0.2, 0.25) is 0 Å². The Balaban J connectivity index is 2.35. The van der Waals surface area contributed by atoms with Crippen LogP contribution in [0.3, 0.4) is 0 Å². The highest BCUT2D eigenvalue weighted by molar-refractivity contribution is 6.08. The van der Waals surface area contributed by atoms with E-state index in [9.17, 15) is 22.8 Å². The Kier molecular flexibility index (Phi) is 4.53. The molecular weight excluding hydrogens is 313 g/mol. The molecule has 122 valence electrons. The number of rotatable bonds is 4. The Morgan fingerprint density at radius 2 is 1.96 bits per heavy atom. The van der Waals surface area contributed by atoms with E-state index in [-0.39, 0.29) is 23.6 Å². The topological polar surface area (TPSA) is 61.2 Å². The Bertz CT molecular complexity index is 751. The standard InChI is InChI=1S/C15H13F3N2O3/c1-3-23-14(22)12-8-11(19-20(12)2)13(21)9-5-4-6-10(7-9)15(16,17)18/h4-8H,3H2,1-2H3. The molecule has 0 atom stereocenters. The lowest BCUT2D eigenvalue weighted by molar-refractivity contribution is -0.137. The van der Waals surface area contributed by atoms with E-state index < -0.39 is 23.5 Å². The summed E-state index contributed by atoms with van der Waals surface area (Å²) in [7, 11) is 1.44. The van der Waals surface area contributed by atoms with Crippen LogP contribution in [-0.2, 0) is 18.0 Å². The molecule has 2 aromatic rings. The van der Waals surface area contributed by atoms with Crippen LogP contribution in [0.15, 0.2) is 30.3 Å². The molecule has 5 nitrogen and oxygen atoms in total. The second-order valence-electron chi connectivity index (χ2n) is 4.67. The maximum atomic E-state index is 12.7. The fourth-order valence-electron chi connectivity index (χ4n) is 1.96. The minimum atomic E-state index is -4.55. The van der Waals surface area contributed by atoms with Gasteiger partial charge in [-0.05, 0) is 19.1 Å². The lowest BCUT2D eigenvalue weighted by atomic mass is 10.0. The van der Waals surface area contributed by atoms with Crippen LogP contribution in [0, 0.1) is 0 Å². The molecule has 1 heterocycles. The van der Waals surface area contributed by atoms with Crippen molar-refractivity contribution < 1.29 is 27.5 Å². The first-order valence-electron chi connectivity index (χ1n) is 6.67. The van der Waals surface area contributed by atoms with E-state index in [4.69, 9.17) is 4.74 Å². The summed E-state index contributed by atoms with van der Waals surface area (Å²) >= 11 is 0. The number of ketones is 1. The minimum absolute atomic E-state index is 0.0437. The summed E-state index contributed by atoms with van der Waals surface area (Å²) in [6.45, 7) is 1.78. The number of nitrogens with zero attached hydrogens (tertiary/aromatic N) is 2. The molecule has 0 aliphatic heterocycles. The van der Waals surface area contributed by atoms with E-state index in [1.165, 1.54) is 19.2 Å². The van der Waals surface area contributed by atoms with Crippen molar-refractivity contribution in [3.8, 4) is 0 Å². The molecule has 0 saturated heterocycles. The Labute approximate surface area is 129 Å². The van der Waals surface area contributed by atoms with Crippen molar-refractivity contribution in [2.45, 2.75) is 13.1 Å². The maximum absolute atomic E-state index is 12.7. The number of carbonyl (C=O) groups is 2. The Morgan fingerprint density at radius 3 is 2.57 bits per heavy atom. The number of ether oxygens (including phenoxy) is 1. The van der Waals surface area contributed by atoms with Crippen LogP contribution in [0.4, 0.5) is 13.2 Å². The van der Waals surface area contributed by atoms with Crippen LogP contribution in [0.5, 0.6) is 0 Å². The van der Waals surface area contributed by atoms with Crippen molar-refractivity contribution in [3.63, 3.8) is 0 Å². The van der Waals surface area contributed by atoms with Gasteiger partial charge in [0.05, 0.1) is 12.2 Å². The number of esters is 1. The number of aromatic nitrogens is 2. The smallest absolute Gasteiger partial charge is 0.416 e. The summed E-state index contributed by atoms with van der Waals surface area (Å²) in [4.78, 5) is 24.0. The quantitative estimate of drug-likeness (QED) is 0.640. The highest BCUT2D eigenvalue weighted by Gasteiger charge is 2.31. The molecule has 8 heteroatoms. The second-order valence-corrected chi connectivity index (χ2v) is 4.67. The fraction of sp³-hybridized carbons (Fsp3) is 0.267. The van der Waals surface area contributed by atoms with Crippen LogP contribution >= 0.6 is 0 Å². The van der Waals surface area contributed by atoms with E-state index >= 15 is 0 Å². The van der Waals surface area contributed by atoms with Gasteiger partial charge in [0.2, 0.25) is 5.78 Å². The number of carbonyl (C=O) groups excluding carboxylic acids is 2. The van der Waals surface area contributed by atoms with E-state index in [2.05, 4.69) is 5.10 Å². The molecule has 1 aromatic carbocycles. The summed E-state index contributed by atoms with van der Waals surface area (Å²) in [6, 6.07) is 5.22. The largest absolute Gasteiger partial charge is 0.461 e. The zero-order valence-corrected chi connectivity index (χ0v) is 12.3. The molecule has 0 amide bonds. The van der Waals surface area contributed by atoms with Crippen LogP contribution < -0.4 is 0 Å². The Morgan fingerprint density at radius 1 is 1.26 bits per heavy atom. The zero-order chi connectivity index (χ0) is 17.2. The predicted molar refractivity (Wildman–Crippen MR) is 74.0 cm³/mol. The third-order valence-corrected chi connectivity index (χ3v) is 3.05. The summed E-state index contributed by atoms with van der Waals surface area (Å²) in [5.74, 6) is -1.37. The molecule has 23 heavy (non-hydrogen) atoms. The minimum Gasteiger partial charge on any atom is -0.461 e. The van der Waals surface area contributed by atoms with Gasteiger partial charge >= 0.3 is 12.1 Å². The monoisotopic (exact) mass is 326 g/mol. The van der Waals surface area contributed by atoms with Gasteiger partial charge in [0.25, 0.3) is 0 Å². The van der Waals surface area contributed by atoms with Crippen molar-refractivity contribution in [1.29, 1.82) is 0 Å². The lowest BCUT2D eigenvalue weighted by Crippen LogP contribution is -2.10. The van der Waals surface area contributed by atoms with E-state index in [1.807, 2.05) is 0 Å². The van der Waals surface area contributed by atoms with Crippen LogP contribution in [0.25, 0.3) is 0 Å². The first-order chi connectivity index (χ1) is 10.7. The average Bonchev–Trinajstić information content (AvgIpc) is 2.88. The number of alkyl halides is 3. The van der Waals surface area contributed by atoms with Crippen molar-refractivity contribution in [3.05, 3.63) is 52.8 Å². The Hall–Kier alpha value is -2.64. The number of hydrogen-bond donors (Lipinski definition) is 0. The van der Waals surface area contributed by atoms with Gasteiger partial charge in [0, 0.05) is 18.7 Å². The van der Waals surface area contributed by atoms with E-state index in [1.54, 1.807) is 6.92 Å². The second kappa shape index (κ2) is 6.23. The van der Waals surface area contributed by atoms with Gasteiger partial charge in [-0.25, -0.2) is 4.79 Å². The molecule has 0 aliphatic rings. The third-order valence-electron chi connectivity index (χ3n) is 3.05. The molecule has 0 radical (unpaired) electrons. The average molecular weight is 326 g/mol. The van der Waals surface area contributed by atoms with E-state index in [0.717, 1.165) is 22.9 Å². The zero-order valence-electron chi connectivity index (χ0n) is 12.3. The molecule has 2 rings (SSSR count). The summed E-state index contributed by atoms with van der Waals surface area (Å²) in [5, 5.41) is 3.87. The highest BCUT2D eigenvalue weighted by atomic mass is 19.4. The summed E-state index contributed by atoms with van der Waals surface area (Å²) in [6.07, 6.45) is -4.55. The van der Waals surface area contributed by atoms with Gasteiger partial charge in [-0.2, -0.15) is 18.3 Å². The molecular formula is C15H13F3N2O3. The number of halogens is 3. The first-order valence-corrected chi connectivity index (χ1v) is 6.67. The van der Waals surface area contributed by atoms with Gasteiger partial charge in [-0.3, -0.25) is 9.48 Å². The van der Waals surface area contributed by atoms with Gasteiger partial charge < -0.3 is 4.74 Å². The van der Waals surface area contributed by atoms with Crippen LogP contribution in [-0.4, -0.2) is 28.1 Å². The third kappa shape index (κ3) is 3.58. The summed E-state index contributed by atoms with van der Waals surface area (Å²) < 4.78 is 44.1. The first kappa shape index (κ1) is 16.7. The van der Waals surface area contributed by atoms with E-state index in [0.29, 0.717) is 0 Å². The fourth-order valence-corrected chi connectivity index (χ4v) is 1.96. The summed E-state index contributed by atoms with van der Waals surface area (Å²) in [5.41, 5.74) is -1.17. The number of benzene rings is 1. The molecule has 0 saturated carbocycles. The molecule has 0 bridgehead atoms. The molecule has 0 unspecified atom stereocenters. The van der Waals surface area contributed by atoms with Crippen LogP contribution in [0.1, 0.15) is 39.0 Å². The van der Waals surface area contributed by atoms with Gasteiger partial charge in [-0.1, -0.05) is 12.1 Å². The number of aryl methyl sites for hydroxylation is 1. The highest BCUT2D eigenvalue weighted by Crippen LogP contribution is 2.30. The maximum Gasteiger partial charge on any atom is 0.416 e. The van der Waals surface area contributed by atoms with Crippen molar-refractivity contribution in [1.82, 2.24) is 9.78 Å². The predicted octanol–water partition coefficient (Wildman–Crippen LogP) is 2.85. The normalized spacial score (nSPS) is 11.3. The van der Waals surface area contributed by atoms with Gasteiger partial charge in [0.1, 0.15) is 11.4 Å². The van der Waals surface area contributed by atoms with Gasteiger partial charge in [-0.15, -0.1) is 0 Å². The SMILES string of the molecule is CCOC(=O)c1cc(C(=O)c2cccc(C(F)(F)F)c2)nn1C. The lowest BCUT2D eigenvalue weighted by Gasteiger charge is -2.07. The number of hydrogen-bond acceptors (Lipinski definition) is 4. The van der Waals surface area contributed by atoms with Crippen molar-refractivity contribution >= 4 is 11.8 Å². The molecule has 0 aliphatic carbocycles. The molecule has 0 spiro atoms. The van der Waals surface area contributed by atoms with Crippen molar-refractivity contribution in [2.24, 2.45) is 7.05 Å². The molecule has 0 fully saturated rings.